The van der Waals surface area contributed by atoms with Crippen LogP contribution in [0, 0.1) is 13.8 Å². The Labute approximate surface area is 167 Å². The largest absolute Gasteiger partial charge is 0.325 e. The Morgan fingerprint density at radius 3 is 2.61 bits per heavy atom. The lowest BCUT2D eigenvalue weighted by atomic mass is 10.1. The van der Waals surface area contributed by atoms with Gasteiger partial charge in [0.1, 0.15) is 6.33 Å². The summed E-state index contributed by atoms with van der Waals surface area (Å²) < 4.78 is 25.0. The van der Waals surface area contributed by atoms with Crippen LogP contribution in [-0.4, -0.2) is 34.8 Å². The smallest absolute Gasteiger partial charge is 0.238 e. The Morgan fingerprint density at radius 2 is 1.93 bits per heavy atom. The number of anilines is 1. The second-order valence-electron chi connectivity index (χ2n) is 6.11. The molecule has 0 fully saturated rings. The van der Waals surface area contributed by atoms with Crippen LogP contribution in [0.3, 0.4) is 0 Å². The van der Waals surface area contributed by atoms with Crippen LogP contribution in [0.2, 0.25) is 0 Å². The van der Waals surface area contributed by atoms with Gasteiger partial charge < -0.3 is 5.32 Å². The number of carbonyl (C=O) groups is 1. The number of carbonyl (C=O) groups excluding carboxylic acids is 1. The highest BCUT2D eigenvalue weighted by Gasteiger charge is 2.15. The highest BCUT2D eigenvalue weighted by Crippen LogP contribution is 2.24. The van der Waals surface area contributed by atoms with Gasteiger partial charge in [0.25, 0.3) is 0 Å². The Kier molecular flexibility index (Phi) is 5.82. The maximum Gasteiger partial charge on any atom is 0.238 e. The highest BCUT2D eigenvalue weighted by molar-refractivity contribution is 7.99. The standard InChI is InChI=1S/C18H19N5O3S2/c1-12-8-15(28(19,25)26)9-16(13(12)2)21-17(24)10-27-18-22-20-11-23(18)14-6-4-3-5-7-14/h3-9,11H,10H2,1-2H3,(H,21,24)(H2,19,25,26). The molecule has 1 amide bonds. The van der Waals surface area contributed by atoms with Crippen LogP contribution < -0.4 is 10.5 Å². The van der Waals surface area contributed by atoms with Crippen LogP contribution in [0.25, 0.3) is 5.69 Å². The second kappa shape index (κ2) is 8.13. The molecule has 0 aliphatic carbocycles. The summed E-state index contributed by atoms with van der Waals surface area (Å²) >= 11 is 1.23. The van der Waals surface area contributed by atoms with Gasteiger partial charge in [-0.2, -0.15) is 0 Å². The first-order valence-electron chi connectivity index (χ1n) is 8.28. The van der Waals surface area contributed by atoms with Crippen LogP contribution in [-0.2, 0) is 14.8 Å². The Balaban J connectivity index is 1.73. The quantitative estimate of drug-likeness (QED) is 0.594. The molecule has 0 unspecified atom stereocenters. The normalized spacial score (nSPS) is 11.4. The number of benzene rings is 2. The molecular weight excluding hydrogens is 398 g/mol. The van der Waals surface area contributed by atoms with Gasteiger partial charge >= 0.3 is 0 Å². The van der Waals surface area contributed by atoms with E-state index in [0.717, 1.165) is 16.8 Å². The van der Waals surface area contributed by atoms with E-state index in [4.69, 9.17) is 5.14 Å². The first-order chi connectivity index (χ1) is 13.3. The SMILES string of the molecule is Cc1cc(S(N)(=O)=O)cc(NC(=O)CSc2nncn2-c2ccccc2)c1C. The molecule has 28 heavy (non-hydrogen) atoms. The minimum atomic E-state index is -3.86. The third-order valence-corrected chi connectivity index (χ3v) is 5.96. The molecule has 8 nitrogen and oxygen atoms in total. The molecule has 3 rings (SSSR count). The predicted octanol–water partition coefficient (Wildman–Crippen LogP) is 2.26. The van der Waals surface area contributed by atoms with E-state index in [1.54, 1.807) is 24.7 Å². The number of hydrogen-bond donors (Lipinski definition) is 2. The molecule has 2 aromatic carbocycles. The van der Waals surface area contributed by atoms with Gasteiger partial charge in [0.05, 0.1) is 10.6 Å². The van der Waals surface area contributed by atoms with Gasteiger partial charge in [-0.05, 0) is 49.2 Å². The van der Waals surface area contributed by atoms with Crippen LogP contribution in [0.15, 0.2) is 58.8 Å². The topological polar surface area (TPSA) is 120 Å². The summed E-state index contributed by atoms with van der Waals surface area (Å²) in [6.45, 7) is 3.56. The second-order valence-corrected chi connectivity index (χ2v) is 8.62. The first-order valence-corrected chi connectivity index (χ1v) is 10.8. The minimum Gasteiger partial charge on any atom is -0.325 e. The molecule has 0 spiro atoms. The molecule has 146 valence electrons. The molecule has 0 bridgehead atoms. The van der Waals surface area contributed by atoms with Gasteiger partial charge in [-0.15, -0.1) is 10.2 Å². The maximum atomic E-state index is 12.4. The number of rotatable bonds is 6. The monoisotopic (exact) mass is 417 g/mol. The van der Waals surface area contributed by atoms with E-state index in [-0.39, 0.29) is 16.6 Å². The number of nitrogens with zero attached hydrogens (tertiary/aromatic N) is 3. The minimum absolute atomic E-state index is 0.0395. The Hall–Kier alpha value is -2.69. The molecule has 0 aliphatic heterocycles. The van der Waals surface area contributed by atoms with E-state index < -0.39 is 10.0 Å². The Bertz CT molecular complexity index is 1110. The van der Waals surface area contributed by atoms with E-state index in [2.05, 4.69) is 15.5 Å². The van der Waals surface area contributed by atoms with Crippen molar-refractivity contribution in [3.8, 4) is 5.69 Å². The molecule has 3 N–H and O–H groups in total. The van der Waals surface area contributed by atoms with Crippen molar-refractivity contribution >= 4 is 33.4 Å². The van der Waals surface area contributed by atoms with Crippen LogP contribution in [0.1, 0.15) is 11.1 Å². The van der Waals surface area contributed by atoms with Gasteiger partial charge in [-0.3, -0.25) is 9.36 Å². The molecule has 0 radical (unpaired) electrons. The summed E-state index contributed by atoms with van der Waals surface area (Å²) in [5.74, 6) is -0.203. The van der Waals surface area contributed by atoms with Crippen LogP contribution in [0.5, 0.6) is 0 Å². The molecule has 0 aliphatic rings. The van der Waals surface area contributed by atoms with Crippen LogP contribution in [0.4, 0.5) is 5.69 Å². The zero-order valence-electron chi connectivity index (χ0n) is 15.3. The van der Waals surface area contributed by atoms with Crippen molar-refractivity contribution in [1.82, 2.24) is 14.8 Å². The third-order valence-electron chi connectivity index (χ3n) is 4.13. The first kappa shape index (κ1) is 20.1. The van der Waals surface area contributed by atoms with Gasteiger partial charge in [-0.1, -0.05) is 30.0 Å². The fourth-order valence-corrected chi connectivity index (χ4v) is 3.88. The third kappa shape index (κ3) is 4.58. The van der Waals surface area contributed by atoms with Crippen molar-refractivity contribution in [2.45, 2.75) is 23.9 Å². The number of aromatic nitrogens is 3. The number of nitrogens with one attached hydrogen (secondary N) is 1. The van der Waals surface area contributed by atoms with Gasteiger partial charge in [0, 0.05) is 11.4 Å². The number of thioether (sulfide) groups is 1. The van der Waals surface area contributed by atoms with Crippen molar-refractivity contribution in [3.05, 3.63) is 59.9 Å². The number of sulfonamides is 1. The number of aryl methyl sites for hydroxylation is 1. The van der Waals surface area contributed by atoms with Gasteiger partial charge in [-0.25, -0.2) is 13.6 Å². The molecular formula is C18H19N5O3S2. The summed E-state index contributed by atoms with van der Waals surface area (Å²) in [6, 6.07) is 12.4. The lowest BCUT2D eigenvalue weighted by Crippen LogP contribution is -2.17. The lowest BCUT2D eigenvalue weighted by molar-refractivity contribution is -0.113. The van der Waals surface area contributed by atoms with E-state index in [1.807, 2.05) is 30.3 Å². The number of para-hydroxylation sites is 1. The lowest BCUT2D eigenvalue weighted by Gasteiger charge is -2.12. The van der Waals surface area contributed by atoms with Crippen molar-refractivity contribution in [3.63, 3.8) is 0 Å². The van der Waals surface area contributed by atoms with Crippen molar-refractivity contribution in [2.75, 3.05) is 11.1 Å². The van der Waals surface area contributed by atoms with E-state index >= 15 is 0 Å². The summed E-state index contributed by atoms with van der Waals surface area (Å²) in [5.41, 5.74) is 2.80. The zero-order chi connectivity index (χ0) is 20.3. The molecule has 0 atom stereocenters. The van der Waals surface area contributed by atoms with E-state index in [1.165, 1.54) is 23.9 Å². The fraction of sp³-hybridized carbons (Fsp3) is 0.167. The summed E-state index contributed by atoms with van der Waals surface area (Å²) in [7, 11) is -3.86. The van der Waals surface area contributed by atoms with Crippen molar-refractivity contribution in [2.24, 2.45) is 5.14 Å². The molecule has 1 aromatic heterocycles. The number of hydrogen-bond acceptors (Lipinski definition) is 6. The molecule has 3 aromatic rings. The molecule has 0 saturated carbocycles. The highest BCUT2D eigenvalue weighted by atomic mass is 32.2. The zero-order valence-corrected chi connectivity index (χ0v) is 16.9. The molecule has 10 heteroatoms. The van der Waals surface area contributed by atoms with E-state index in [9.17, 15) is 13.2 Å². The number of amides is 1. The fourth-order valence-electron chi connectivity index (χ4n) is 2.53. The van der Waals surface area contributed by atoms with Gasteiger partial charge in [0.2, 0.25) is 15.9 Å². The average molecular weight is 418 g/mol. The maximum absolute atomic E-state index is 12.4. The summed E-state index contributed by atoms with van der Waals surface area (Å²) in [4.78, 5) is 12.4. The molecule has 0 saturated heterocycles. The molecule has 1 heterocycles. The van der Waals surface area contributed by atoms with Crippen molar-refractivity contribution < 1.29 is 13.2 Å². The number of primary sulfonamides is 1. The summed E-state index contributed by atoms with van der Waals surface area (Å²) in [5, 5.41) is 16.5. The number of nitrogens with two attached hydrogens (primary N) is 1. The average Bonchev–Trinajstić information content (AvgIpc) is 3.12. The Morgan fingerprint density at radius 1 is 1.21 bits per heavy atom. The summed E-state index contributed by atoms with van der Waals surface area (Å²) in [6.07, 6.45) is 1.58. The van der Waals surface area contributed by atoms with Gasteiger partial charge in [0.15, 0.2) is 5.16 Å². The van der Waals surface area contributed by atoms with E-state index in [0.29, 0.717) is 10.8 Å². The van der Waals surface area contributed by atoms with Crippen LogP contribution >= 0.6 is 11.8 Å². The predicted molar refractivity (Wildman–Crippen MR) is 108 cm³/mol. The van der Waals surface area contributed by atoms with Crippen molar-refractivity contribution in [1.29, 1.82) is 0 Å².